The number of nitrogens with zero attached hydrogens (tertiary/aromatic N) is 3. The molecule has 7 heteroatoms. The Morgan fingerprint density at radius 3 is 2.77 bits per heavy atom. The summed E-state index contributed by atoms with van der Waals surface area (Å²) < 4.78 is 2.06. The molecule has 0 aliphatic heterocycles. The van der Waals surface area contributed by atoms with Crippen LogP contribution in [0.1, 0.15) is 18.2 Å². The number of rotatable bonds is 3. The molecule has 4 N–H and O–H groups in total. The third-order valence-corrected chi connectivity index (χ3v) is 2.16. The summed E-state index contributed by atoms with van der Waals surface area (Å²) in [7, 11) is 1.70. The maximum Gasteiger partial charge on any atom is 0.219 e. The topological polar surface area (TPSA) is 99.8 Å². The third-order valence-electron chi connectivity index (χ3n) is 1.60. The zero-order chi connectivity index (χ0) is 10.0. The Bertz CT molecular complexity index is 303. The van der Waals surface area contributed by atoms with Gasteiger partial charge in [0.25, 0.3) is 0 Å². The fourth-order valence-corrected chi connectivity index (χ4v) is 1.67. The molecular formula is C6H10BrN5O. The van der Waals surface area contributed by atoms with Crippen molar-refractivity contribution in [2.24, 2.45) is 18.5 Å². The van der Waals surface area contributed by atoms with Crippen LogP contribution >= 0.6 is 15.9 Å². The first-order chi connectivity index (χ1) is 6.02. The average molecular weight is 248 g/mol. The number of amides is 1. The second-order valence-corrected chi connectivity index (χ2v) is 3.42. The van der Waals surface area contributed by atoms with Crippen LogP contribution in [0.25, 0.3) is 0 Å². The van der Waals surface area contributed by atoms with E-state index in [2.05, 4.69) is 26.2 Å². The summed E-state index contributed by atoms with van der Waals surface area (Å²) in [5.41, 5.74) is 11.4. The monoisotopic (exact) mass is 247 g/mol. The summed E-state index contributed by atoms with van der Waals surface area (Å²) in [6.45, 7) is 0. The maximum atomic E-state index is 10.6. The van der Waals surface area contributed by atoms with Crippen LogP contribution in [0, 0.1) is 0 Å². The summed E-state index contributed by atoms with van der Waals surface area (Å²) in [6.07, 6.45) is 0.0831. The number of primary amides is 1. The molecule has 1 rings (SSSR count). The first kappa shape index (κ1) is 10.1. The summed E-state index contributed by atoms with van der Waals surface area (Å²) in [6, 6.07) is -0.466. The van der Waals surface area contributed by atoms with Gasteiger partial charge in [-0.1, -0.05) is 5.21 Å². The molecule has 1 amide bonds. The molecule has 0 aromatic carbocycles. The van der Waals surface area contributed by atoms with E-state index < -0.39 is 11.9 Å². The lowest BCUT2D eigenvalue weighted by atomic mass is 10.1. The lowest BCUT2D eigenvalue weighted by Crippen LogP contribution is -2.22. The van der Waals surface area contributed by atoms with Crippen LogP contribution in [-0.2, 0) is 11.8 Å². The van der Waals surface area contributed by atoms with Gasteiger partial charge in [-0.3, -0.25) is 4.79 Å². The molecule has 72 valence electrons. The molecule has 0 saturated heterocycles. The molecule has 6 nitrogen and oxygen atoms in total. The van der Waals surface area contributed by atoms with E-state index in [1.165, 1.54) is 4.68 Å². The number of nitrogens with two attached hydrogens (primary N) is 2. The molecule has 13 heavy (non-hydrogen) atoms. The van der Waals surface area contributed by atoms with Crippen molar-refractivity contribution in [2.45, 2.75) is 12.5 Å². The van der Waals surface area contributed by atoms with Gasteiger partial charge in [0.15, 0.2) is 4.60 Å². The molecule has 0 radical (unpaired) electrons. The van der Waals surface area contributed by atoms with Gasteiger partial charge in [-0.05, 0) is 15.9 Å². The molecule has 1 heterocycles. The lowest BCUT2D eigenvalue weighted by molar-refractivity contribution is -0.118. The lowest BCUT2D eigenvalue weighted by Gasteiger charge is -2.08. The van der Waals surface area contributed by atoms with Crippen LogP contribution in [0.15, 0.2) is 4.60 Å². The smallest absolute Gasteiger partial charge is 0.219 e. The van der Waals surface area contributed by atoms with Crippen molar-refractivity contribution in [1.82, 2.24) is 15.0 Å². The number of hydrogen-bond donors (Lipinski definition) is 2. The van der Waals surface area contributed by atoms with Crippen LogP contribution in [0.2, 0.25) is 0 Å². The van der Waals surface area contributed by atoms with Gasteiger partial charge >= 0.3 is 0 Å². The molecular weight excluding hydrogens is 238 g/mol. The van der Waals surface area contributed by atoms with E-state index >= 15 is 0 Å². The highest BCUT2D eigenvalue weighted by Crippen LogP contribution is 2.20. The van der Waals surface area contributed by atoms with E-state index in [1.807, 2.05) is 0 Å². The second-order valence-electron chi connectivity index (χ2n) is 2.67. The van der Waals surface area contributed by atoms with E-state index in [9.17, 15) is 4.79 Å². The Morgan fingerprint density at radius 1 is 1.77 bits per heavy atom. The van der Waals surface area contributed by atoms with Gasteiger partial charge in [-0.15, -0.1) is 5.10 Å². The van der Waals surface area contributed by atoms with Crippen molar-refractivity contribution in [3.05, 3.63) is 10.3 Å². The molecule has 0 spiro atoms. The highest BCUT2D eigenvalue weighted by Gasteiger charge is 2.17. The van der Waals surface area contributed by atoms with Crippen molar-refractivity contribution >= 4 is 21.8 Å². The second kappa shape index (κ2) is 3.84. The Kier molecular flexibility index (Phi) is 2.99. The number of carbonyl (C=O) groups is 1. The first-order valence-electron chi connectivity index (χ1n) is 3.61. The summed E-state index contributed by atoms with van der Waals surface area (Å²) in [4.78, 5) is 10.6. The van der Waals surface area contributed by atoms with E-state index in [0.717, 1.165) is 0 Å². The van der Waals surface area contributed by atoms with Gasteiger partial charge in [0.1, 0.15) is 0 Å². The fourth-order valence-electron chi connectivity index (χ4n) is 1.05. The van der Waals surface area contributed by atoms with Gasteiger partial charge in [0.05, 0.1) is 11.7 Å². The van der Waals surface area contributed by atoms with Crippen molar-refractivity contribution in [1.29, 1.82) is 0 Å². The predicted octanol–water partition coefficient (Wildman–Crippen LogP) is -0.547. The van der Waals surface area contributed by atoms with Crippen LogP contribution in [0.3, 0.4) is 0 Å². The van der Waals surface area contributed by atoms with E-state index in [4.69, 9.17) is 11.5 Å². The Balaban J connectivity index is 2.87. The molecule has 1 aromatic heterocycles. The zero-order valence-electron chi connectivity index (χ0n) is 7.07. The summed E-state index contributed by atoms with van der Waals surface area (Å²) in [5.74, 6) is -0.444. The van der Waals surface area contributed by atoms with Crippen molar-refractivity contribution in [3.63, 3.8) is 0 Å². The van der Waals surface area contributed by atoms with Crippen molar-refractivity contribution in [2.75, 3.05) is 0 Å². The largest absolute Gasteiger partial charge is 0.370 e. The number of halogens is 1. The van der Waals surface area contributed by atoms with Crippen molar-refractivity contribution in [3.8, 4) is 0 Å². The van der Waals surface area contributed by atoms with Crippen molar-refractivity contribution < 1.29 is 4.79 Å². The quantitative estimate of drug-likeness (QED) is 0.749. The summed E-state index contributed by atoms with van der Waals surface area (Å²) >= 11 is 3.18. The zero-order valence-corrected chi connectivity index (χ0v) is 8.65. The first-order valence-corrected chi connectivity index (χ1v) is 4.40. The van der Waals surface area contributed by atoms with Gasteiger partial charge in [-0.25, -0.2) is 4.68 Å². The highest BCUT2D eigenvalue weighted by molar-refractivity contribution is 9.10. The SMILES string of the molecule is Cn1nnc(Br)c1C(N)CC(N)=O. The summed E-state index contributed by atoms with van der Waals surface area (Å²) in [5, 5.41) is 7.47. The predicted molar refractivity (Wildman–Crippen MR) is 49.4 cm³/mol. The number of hydrogen-bond acceptors (Lipinski definition) is 4. The minimum Gasteiger partial charge on any atom is -0.370 e. The number of carbonyl (C=O) groups excluding carboxylic acids is 1. The molecule has 1 aromatic rings. The maximum absolute atomic E-state index is 10.6. The molecule has 0 bridgehead atoms. The van der Waals surface area contributed by atoms with E-state index in [1.54, 1.807) is 7.05 Å². The Hall–Kier alpha value is -0.950. The average Bonchev–Trinajstić information content (AvgIpc) is 2.29. The van der Waals surface area contributed by atoms with Gasteiger partial charge in [0, 0.05) is 13.5 Å². The van der Waals surface area contributed by atoms with Gasteiger partial charge < -0.3 is 11.5 Å². The van der Waals surface area contributed by atoms with Crippen LogP contribution in [-0.4, -0.2) is 20.9 Å². The number of aryl methyl sites for hydroxylation is 1. The van der Waals surface area contributed by atoms with E-state index in [0.29, 0.717) is 10.3 Å². The minimum atomic E-state index is -0.466. The van der Waals surface area contributed by atoms with Crippen LogP contribution in [0.5, 0.6) is 0 Å². The standard InChI is InChI=1S/C6H10BrN5O/c1-12-5(6(7)10-11-12)3(8)2-4(9)13/h3H,2,8H2,1H3,(H2,9,13). The molecule has 0 fully saturated rings. The van der Waals surface area contributed by atoms with Crippen LogP contribution in [0.4, 0.5) is 0 Å². The van der Waals surface area contributed by atoms with E-state index in [-0.39, 0.29) is 6.42 Å². The van der Waals surface area contributed by atoms with Gasteiger partial charge in [0.2, 0.25) is 5.91 Å². The molecule has 0 aliphatic carbocycles. The van der Waals surface area contributed by atoms with Crippen LogP contribution < -0.4 is 11.5 Å². The molecule has 1 unspecified atom stereocenters. The fraction of sp³-hybridized carbons (Fsp3) is 0.500. The third kappa shape index (κ3) is 2.25. The molecule has 0 aliphatic rings. The molecule has 1 atom stereocenters. The normalized spacial score (nSPS) is 12.8. The number of aromatic nitrogens is 3. The Morgan fingerprint density at radius 2 is 2.38 bits per heavy atom. The Labute approximate surface area is 83.4 Å². The van der Waals surface area contributed by atoms with Gasteiger partial charge in [-0.2, -0.15) is 0 Å². The minimum absolute atomic E-state index is 0.0831. The molecule has 0 saturated carbocycles. The highest BCUT2D eigenvalue weighted by atomic mass is 79.9.